The van der Waals surface area contributed by atoms with Crippen LogP contribution >= 0.6 is 11.6 Å². The smallest absolute Gasteiger partial charge is 0.131 e. The van der Waals surface area contributed by atoms with Crippen molar-refractivity contribution >= 4 is 11.6 Å². The van der Waals surface area contributed by atoms with Gasteiger partial charge in [0, 0.05) is 37.7 Å². The van der Waals surface area contributed by atoms with Crippen LogP contribution in [0.2, 0.25) is 5.15 Å². The minimum absolute atomic E-state index is 0.0286. The molecular formula is C13H22ClN3O. The number of halogens is 1. The van der Waals surface area contributed by atoms with Crippen molar-refractivity contribution in [2.45, 2.75) is 33.2 Å². The summed E-state index contributed by atoms with van der Waals surface area (Å²) < 4.78 is 1.72. The summed E-state index contributed by atoms with van der Waals surface area (Å²) >= 11 is 6.26. The fourth-order valence-electron chi connectivity index (χ4n) is 2.77. The minimum Gasteiger partial charge on any atom is -0.396 e. The Morgan fingerprint density at radius 2 is 2.22 bits per heavy atom. The molecule has 0 saturated carbocycles. The second kappa shape index (κ2) is 5.19. The van der Waals surface area contributed by atoms with E-state index in [9.17, 15) is 5.11 Å². The molecule has 102 valence electrons. The molecule has 0 spiro atoms. The van der Waals surface area contributed by atoms with Crippen molar-refractivity contribution < 1.29 is 5.11 Å². The highest BCUT2D eigenvalue weighted by Gasteiger charge is 2.31. The van der Waals surface area contributed by atoms with Gasteiger partial charge in [-0.1, -0.05) is 18.5 Å². The Balaban J connectivity index is 2.09. The number of hydrogen-bond donors (Lipinski definition) is 1. The highest BCUT2D eigenvalue weighted by molar-refractivity contribution is 6.30. The Morgan fingerprint density at radius 3 is 2.78 bits per heavy atom. The van der Waals surface area contributed by atoms with Crippen LogP contribution in [0.3, 0.4) is 0 Å². The molecule has 2 heterocycles. The van der Waals surface area contributed by atoms with Crippen molar-refractivity contribution in [3.05, 3.63) is 16.4 Å². The van der Waals surface area contributed by atoms with Crippen molar-refractivity contribution in [3.8, 4) is 0 Å². The molecule has 5 heteroatoms. The molecule has 1 unspecified atom stereocenters. The van der Waals surface area contributed by atoms with E-state index in [0.717, 1.165) is 48.9 Å². The molecule has 1 aliphatic heterocycles. The predicted octanol–water partition coefficient (Wildman–Crippen LogP) is 1.98. The van der Waals surface area contributed by atoms with E-state index >= 15 is 0 Å². The molecule has 1 atom stereocenters. The Bertz CT molecular complexity index is 432. The molecule has 1 aliphatic rings. The molecule has 1 saturated heterocycles. The van der Waals surface area contributed by atoms with Gasteiger partial charge in [-0.25, -0.2) is 0 Å². The number of likely N-dealkylation sites (tertiary alicyclic amines) is 1. The zero-order valence-electron chi connectivity index (χ0n) is 11.4. The first kappa shape index (κ1) is 13.8. The predicted molar refractivity (Wildman–Crippen MR) is 72.7 cm³/mol. The quantitative estimate of drug-likeness (QED) is 0.914. The lowest BCUT2D eigenvalue weighted by Crippen LogP contribution is -2.43. The Labute approximate surface area is 114 Å². The van der Waals surface area contributed by atoms with E-state index in [4.69, 9.17) is 11.6 Å². The molecule has 4 nitrogen and oxygen atoms in total. The summed E-state index contributed by atoms with van der Waals surface area (Å²) in [4.78, 5) is 2.37. The van der Waals surface area contributed by atoms with E-state index in [0.29, 0.717) is 0 Å². The minimum atomic E-state index is 0.0286. The SMILES string of the molecule is Cc1nn(C)c(Cl)c1CN1CCCC(C)(CO)C1. The van der Waals surface area contributed by atoms with Gasteiger partial charge in [0.05, 0.1) is 5.69 Å². The fraction of sp³-hybridized carbons (Fsp3) is 0.769. The number of aryl methyl sites for hydroxylation is 2. The lowest BCUT2D eigenvalue weighted by Gasteiger charge is -2.39. The Kier molecular flexibility index (Phi) is 3.99. The highest BCUT2D eigenvalue weighted by atomic mass is 35.5. The van der Waals surface area contributed by atoms with Gasteiger partial charge < -0.3 is 5.11 Å². The van der Waals surface area contributed by atoms with E-state index in [2.05, 4.69) is 16.9 Å². The van der Waals surface area contributed by atoms with Crippen molar-refractivity contribution in [3.63, 3.8) is 0 Å². The van der Waals surface area contributed by atoms with E-state index in [1.807, 2.05) is 14.0 Å². The van der Waals surface area contributed by atoms with Crippen LogP contribution in [0.25, 0.3) is 0 Å². The third-order valence-electron chi connectivity index (χ3n) is 3.89. The zero-order valence-corrected chi connectivity index (χ0v) is 12.2. The zero-order chi connectivity index (χ0) is 13.3. The van der Waals surface area contributed by atoms with Crippen LogP contribution in [0.1, 0.15) is 31.0 Å². The molecule has 1 aromatic heterocycles. The van der Waals surface area contributed by atoms with E-state index < -0.39 is 0 Å². The van der Waals surface area contributed by atoms with Gasteiger partial charge in [-0.2, -0.15) is 5.10 Å². The average Bonchev–Trinajstić information content (AvgIpc) is 2.56. The third kappa shape index (κ3) is 2.71. The highest BCUT2D eigenvalue weighted by Crippen LogP contribution is 2.30. The monoisotopic (exact) mass is 271 g/mol. The molecule has 0 aliphatic carbocycles. The van der Waals surface area contributed by atoms with Gasteiger partial charge in [-0.15, -0.1) is 0 Å². The van der Waals surface area contributed by atoms with Crippen molar-refractivity contribution in [2.75, 3.05) is 19.7 Å². The number of aliphatic hydroxyl groups is 1. The molecule has 0 bridgehead atoms. The number of hydrogen-bond acceptors (Lipinski definition) is 3. The van der Waals surface area contributed by atoms with E-state index in [1.165, 1.54) is 0 Å². The summed E-state index contributed by atoms with van der Waals surface area (Å²) in [6.07, 6.45) is 2.23. The first-order valence-electron chi connectivity index (χ1n) is 6.46. The van der Waals surface area contributed by atoms with Gasteiger partial charge >= 0.3 is 0 Å². The van der Waals surface area contributed by atoms with Crippen LogP contribution < -0.4 is 0 Å². The number of piperidine rings is 1. The standard InChI is InChI=1S/C13H22ClN3O/c1-10-11(12(14)16(3)15-10)7-17-6-4-5-13(2,8-17)9-18/h18H,4-9H2,1-3H3. The summed E-state index contributed by atoms with van der Waals surface area (Å²) in [5, 5.41) is 14.5. The lowest BCUT2D eigenvalue weighted by atomic mass is 9.82. The van der Waals surface area contributed by atoms with Crippen LogP contribution in [-0.4, -0.2) is 39.5 Å². The van der Waals surface area contributed by atoms with Crippen molar-refractivity contribution in [2.24, 2.45) is 12.5 Å². The molecule has 0 radical (unpaired) electrons. The number of nitrogens with zero attached hydrogens (tertiary/aromatic N) is 3. The summed E-state index contributed by atoms with van der Waals surface area (Å²) in [6, 6.07) is 0. The van der Waals surface area contributed by atoms with Crippen LogP contribution in [-0.2, 0) is 13.6 Å². The van der Waals surface area contributed by atoms with E-state index in [-0.39, 0.29) is 12.0 Å². The molecule has 2 rings (SSSR count). The Hall–Kier alpha value is -0.580. The molecule has 0 amide bonds. The fourth-order valence-corrected chi connectivity index (χ4v) is 3.00. The lowest BCUT2D eigenvalue weighted by molar-refractivity contribution is 0.0428. The van der Waals surface area contributed by atoms with Crippen molar-refractivity contribution in [1.29, 1.82) is 0 Å². The van der Waals surface area contributed by atoms with Gasteiger partial charge in [0.2, 0.25) is 0 Å². The number of rotatable bonds is 3. The number of aliphatic hydroxyl groups excluding tert-OH is 1. The molecule has 0 aromatic carbocycles. The molecule has 18 heavy (non-hydrogen) atoms. The second-order valence-electron chi connectivity index (χ2n) is 5.76. The first-order valence-corrected chi connectivity index (χ1v) is 6.84. The summed E-state index contributed by atoms with van der Waals surface area (Å²) in [5.74, 6) is 0. The summed E-state index contributed by atoms with van der Waals surface area (Å²) in [5.41, 5.74) is 2.14. The van der Waals surface area contributed by atoms with Crippen LogP contribution in [0.4, 0.5) is 0 Å². The van der Waals surface area contributed by atoms with Crippen LogP contribution in [0.5, 0.6) is 0 Å². The largest absolute Gasteiger partial charge is 0.396 e. The maximum atomic E-state index is 9.48. The first-order chi connectivity index (χ1) is 8.45. The van der Waals surface area contributed by atoms with Gasteiger partial charge in [0.25, 0.3) is 0 Å². The van der Waals surface area contributed by atoms with Gasteiger partial charge in [-0.05, 0) is 26.3 Å². The Morgan fingerprint density at radius 1 is 1.50 bits per heavy atom. The van der Waals surface area contributed by atoms with Crippen LogP contribution in [0, 0.1) is 12.3 Å². The van der Waals surface area contributed by atoms with E-state index in [1.54, 1.807) is 4.68 Å². The average molecular weight is 272 g/mol. The van der Waals surface area contributed by atoms with Gasteiger partial charge in [0.15, 0.2) is 0 Å². The number of aromatic nitrogens is 2. The summed E-state index contributed by atoms with van der Waals surface area (Å²) in [6.45, 7) is 7.22. The topological polar surface area (TPSA) is 41.3 Å². The normalized spacial score (nSPS) is 25.6. The molecule has 1 fully saturated rings. The van der Waals surface area contributed by atoms with Gasteiger partial charge in [-0.3, -0.25) is 9.58 Å². The molecular weight excluding hydrogens is 250 g/mol. The third-order valence-corrected chi connectivity index (χ3v) is 4.37. The maximum Gasteiger partial charge on any atom is 0.131 e. The maximum absolute atomic E-state index is 9.48. The van der Waals surface area contributed by atoms with Gasteiger partial charge in [0.1, 0.15) is 5.15 Å². The second-order valence-corrected chi connectivity index (χ2v) is 6.12. The van der Waals surface area contributed by atoms with Crippen molar-refractivity contribution in [1.82, 2.24) is 14.7 Å². The molecule has 1 aromatic rings. The van der Waals surface area contributed by atoms with Crippen LogP contribution in [0.15, 0.2) is 0 Å². The summed E-state index contributed by atoms with van der Waals surface area (Å²) in [7, 11) is 1.87. The molecule has 1 N–H and O–H groups in total.